The van der Waals surface area contributed by atoms with Gasteiger partial charge in [0.15, 0.2) is 17.6 Å². The highest BCUT2D eigenvalue weighted by Gasteiger charge is 2.43. The summed E-state index contributed by atoms with van der Waals surface area (Å²) in [7, 11) is 5.29. The summed E-state index contributed by atoms with van der Waals surface area (Å²) in [6.07, 6.45) is -3.28. The van der Waals surface area contributed by atoms with E-state index >= 15 is 0 Å². The van der Waals surface area contributed by atoms with Crippen molar-refractivity contribution in [2.24, 2.45) is 17.6 Å². The number of aliphatic hydroxyl groups is 2. The van der Waals surface area contributed by atoms with Crippen molar-refractivity contribution in [2.45, 2.75) is 103 Å². The van der Waals surface area contributed by atoms with E-state index in [2.05, 4.69) is 5.32 Å². The van der Waals surface area contributed by atoms with Gasteiger partial charge in [-0.05, 0) is 57.9 Å². The lowest BCUT2D eigenvalue weighted by Crippen LogP contribution is -2.42. The van der Waals surface area contributed by atoms with Gasteiger partial charge in [-0.3, -0.25) is 19.2 Å². The molecule has 0 fully saturated rings. The summed E-state index contributed by atoms with van der Waals surface area (Å²) in [5, 5.41) is 23.8. The summed E-state index contributed by atoms with van der Waals surface area (Å²) >= 11 is 0. The van der Waals surface area contributed by atoms with Gasteiger partial charge in [-0.1, -0.05) is 26.0 Å². The number of ether oxygens (including phenoxy) is 5. The summed E-state index contributed by atoms with van der Waals surface area (Å²) in [6, 6.07) is 0. The first-order valence-electron chi connectivity index (χ1n) is 16.2. The molecule has 1 heterocycles. The minimum Gasteiger partial charge on any atom is -0.492 e. The van der Waals surface area contributed by atoms with Gasteiger partial charge in [0.1, 0.15) is 6.10 Å². The Morgan fingerprint density at radius 3 is 2.20 bits per heavy atom. The van der Waals surface area contributed by atoms with Crippen molar-refractivity contribution in [3.8, 4) is 0 Å². The Balaban J connectivity index is 2.77. The first kappa shape index (κ1) is 41.5. The normalized spacial score (nSPS) is 30.1. The maximum absolute atomic E-state index is 14.2. The van der Waals surface area contributed by atoms with E-state index in [4.69, 9.17) is 29.4 Å². The molecule has 1 aliphatic carbocycles. The molecule has 49 heavy (non-hydrogen) atoms. The minimum absolute atomic E-state index is 0.00559. The quantitative estimate of drug-likeness (QED) is 0.203. The van der Waals surface area contributed by atoms with Crippen LogP contribution in [0.2, 0.25) is 0 Å². The Kier molecular flexibility index (Phi) is 16.0. The fourth-order valence-electron chi connectivity index (χ4n) is 6.23. The number of rotatable bonds is 9. The van der Waals surface area contributed by atoms with E-state index in [9.17, 15) is 34.2 Å². The van der Waals surface area contributed by atoms with E-state index in [1.165, 1.54) is 42.3 Å². The maximum atomic E-state index is 14.2. The highest BCUT2D eigenvalue weighted by Crippen LogP contribution is 2.34. The largest absolute Gasteiger partial charge is 0.492 e. The number of Topliss-reactive ketones (excluding diaryl/α,β-unsaturated/α-hetero) is 3. The van der Waals surface area contributed by atoms with E-state index in [1.807, 2.05) is 0 Å². The van der Waals surface area contributed by atoms with E-state index in [0.717, 1.165) is 0 Å². The number of amides is 2. The summed E-state index contributed by atoms with van der Waals surface area (Å²) in [4.78, 5) is 66.8. The van der Waals surface area contributed by atoms with Gasteiger partial charge in [0.05, 0.1) is 42.8 Å². The molecule has 5 N–H and O–H groups in total. The number of primary amides is 1. The van der Waals surface area contributed by atoms with Crippen LogP contribution < -0.4 is 11.1 Å². The monoisotopic (exact) mass is 692 g/mol. The van der Waals surface area contributed by atoms with E-state index in [0.29, 0.717) is 5.57 Å². The molecule has 14 nitrogen and oxygen atoms in total. The maximum Gasteiger partial charge on any atom is 0.405 e. The number of aliphatic hydroxyl groups excluding tert-OH is 2. The number of hydrogen-bond acceptors (Lipinski definition) is 12. The molecule has 0 aromatic rings. The molecule has 14 heteroatoms. The Morgan fingerprint density at radius 1 is 1.04 bits per heavy atom. The number of fused-ring (bicyclic) bond motifs is 2. The zero-order valence-corrected chi connectivity index (χ0v) is 29.9. The lowest BCUT2D eigenvalue weighted by molar-refractivity contribution is -0.131. The number of methoxy groups -OCH3 is 4. The summed E-state index contributed by atoms with van der Waals surface area (Å²) in [6.45, 7) is 8.22. The fraction of sp³-hybridized carbons (Fsp3) is 0.629. The highest BCUT2D eigenvalue weighted by atomic mass is 16.6. The predicted octanol–water partition coefficient (Wildman–Crippen LogP) is 2.36. The molecule has 1 aliphatic heterocycles. The second-order valence-corrected chi connectivity index (χ2v) is 12.7. The standard InChI is InChI=1S/C35H52N2O12/c1-17-13-22-29(41)27(26(30(42)32(22)47-8)33(48-9)23(39)16-21(5)38)37-34(43)18(2)11-10-12-24(45-6)31(49-35(36)44)20(4)15-19(3)28(40)25(14-17)46-7/h11,15,17,19,21,24-25,28,31,33,38,40H,10,12-14,16H2,1-9H3,(H2,36,44)(H,37,43)/b18-11-,20-15-/t17-,19+,21-,24+,25+,28-,31+,33-/m1/s1. The van der Waals surface area contributed by atoms with Crippen molar-refractivity contribution in [1.29, 1.82) is 0 Å². The molecule has 0 saturated carbocycles. The van der Waals surface area contributed by atoms with Crippen LogP contribution in [0.4, 0.5) is 4.79 Å². The second-order valence-electron chi connectivity index (χ2n) is 12.7. The van der Waals surface area contributed by atoms with Gasteiger partial charge in [0.25, 0.3) is 5.91 Å². The highest BCUT2D eigenvalue weighted by molar-refractivity contribution is 6.27. The smallest absolute Gasteiger partial charge is 0.405 e. The van der Waals surface area contributed by atoms with Crippen LogP contribution in [0.1, 0.15) is 66.7 Å². The second kappa shape index (κ2) is 18.9. The topological polar surface area (TPSA) is 210 Å². The van der Waals surface area contributed by atoms with Crippen LogP contribution in [0.3, 0.4) is 0 Å². The predicted molar refractivity (Wildman–Crippen MR) is 178 cm³/mol. The van der Waals surface area contributed by atoms with Gasteiger partial charge in [0, 0.05) is 44.8 Å². The van der Waals surface area contributed by atoms with Gasteiger partial charge in [-0.2, -0.15) is 0 Å². The van der Waals surface area contributed by atoms with Crippen LogP contribution in [0, 0.1) is 11.8 Å². The fourth-order valence-corrected chi connectivity index (χ4v) is 6.23. The molecule has 0 spiro atoms. The summed E-state index contributed by atoms with van der Waals surface area (Å²) in [5.74, 6) is -4.12. The molecule has 0 aromatic carbocycles. The molecular formula is C35H52N2O12. The third kappa shape index (κ3) is 10.6. The van der Waals surface area contributed by atoms with Gasteiger partial charge < -0.3 is 44.9 Å². The lowest BCUT2D eigenvalue weighted by Gasteiger charge is -2.31. The average Bonchev–Trinajstić information content (AvgIpc) is 3.03. The molecule has 274 valence electrons. The SMILES string of the molecule is COC1=C2C[C@@H](C)C[C@H](OC)[C@H](O)[C@@H](C)/C=C(/C)[C@H](OC(N)=O)[C@@H](OC)CC/C=C(/C)C(=O)NC(=C([C@H](OC)C(=O)C[C@@H](C)O)C1=O)C2=O. The zero-order chi connectivity index (χ0) is 37.2. The number of carbonyl (C=O) groups is 5. The molecular weight excluding hydrogens is 640 g/mol. The van der Waals surface area contributed by atoms with Crippen LogP contribution in [-0.2, 0) is 42.9 Å². The first-order chi connectivity index (χ1) is 23.0. The Morgan fingerprint density at radius 2 is 1.67 bits per heavy atom. The average molecular weight is 693 g/mol. The van der Waals surface area contributed by atoms with Crippen molar-refractivity contribution >= 4 is 29.4 Å². The molecule has 0 aromatic heterocycles. The van der Waals surface area contributed by atoms with E-state index in [1.54, 1.807) is 32.9 Å². The molecule has 0 radical (unpaired) electrons. The molecule has 0 unspecified atom stereocenters. The summed E-state index contributed by atoms with van der Waals surface area (Å²) < 4.78 is 27.6. The number of allylic oxidation sites excluding steroid dienone is 3. The van der Waals surface area contributed by atoms with Crippen molar-refractivity contribution in [1.82, 2.24) is 5.32 Å². The van der Waals surface area contributed by atoms with Gasteiger partial charge in [-0.15, -0.1) is 0 Å². The molecule has 2 rings (SSSR count). The van der Waals surface area contributed by atoms with Gasteiger partial charge >= 0.3 is 6.09 Å². The lowest BCUT2D eigenvalue weighted by atomic mass is 9.82. The van der Waals surface area contributed by atoms with Crippen LogP contribution >= 0.6 is 0 Å². The van der Waals surface area contributed by atoms with Gasteiger partial charge in [0.2, 0.25) is 11.6 Å². The molecule has 2 amide bonds. The third-order valence-corrected chi connectivity index (χ3v) is 8.75. The number of hydrogen-bond donors (Lipinski definition) is 4. The van der Waals surface area contributed by atoms with Crippen LogP contribution in [-0.4, -0.2) is 105 Å². The molecule has 0 saturated heterocycles. The first-order valence-corrected chi connectivity index (χ1v) is 16.2. The summed E-state index contributed by atoms with van der Waals surface area (Å²) in [5.41, 5.74) is 5.28. The Labute approximate surface area is 287 Å². The number of carbonyl (C=O) groups excluding carboxylic acids is 5. The van der Waals surface area contributed by atoms with Gasteiger partial charge in [-0.25, -0.2) is 4.79 Å². The molecule has 8 atom stereocenters. The van der Waals surface area contributed by atoms with E-state index < -0.39 is 83.2 Å². The minimum atomic E-state index is -1.59. The van der Waals surface area contributed by atoms with Crippen molar-refractivity contribution in [3.05, 3.63) is 45.9 Å². The molecule has 2 bridgehead atoms. The van der Waals surface area contributed by atoms with Crippen LogP contribution in [0.25, 0.3) is 0 Å². The Hall–Kier alpha value is -3.69. The van der Waals surface area contributed by atoms with Crippen LogP contribution in [0.15, 0.2) is 45.9 Å². The third-order valence-electron chi connectivity index (χ3n) is 8.75. The number of ketones is 3. The van der Waals surface area contributed by atoms with Crippen LogP contribution in [0.5, 0.6) is 0 Å². The molecule has 2 aliphatic rings. The van der Waals surface area contributed by atoms with Crippen molar-refractivity contribution in [3.63, 3.8) is 0 Å². The zero-order valence-electron chi connectivity index (χ0n) is 29.9. The van der Waals surface area contributed by atoms with E-state index in [-0.39, 0.29) is 54.9 Å². The number of nitrogens with two attached hydrogens (primary N) is 1. The Bertz CT molecular complexity index is 1380. The number of nitrogens with one attached hydrogen (secondary N) is 1. The van der Waals surface area contributed by atoms with Crippen molar-refractivity contribution < 1.29 is 57.9 Å². The van der Waals surface area contributed by atoms with Crippen molar-refractivity contribution in [2.75, 3.05) is 28.4 Å².